The van der Waals surface area contributed by atoms with Gasteiger partial charge in [-0.15, -0.1) is 0 Å². The first-order chi connectivity index (χ1) is 9.40. The molecule has 0 aromatic heterocycles. The summed E-state index contributed by atoms with van der Waals surface area (Å²) in [4.78, 5) is 0.184. The number of sulfone groups is 1. The highest BCUT2D eigenvalue weighted by molar-refractivity contribution is 7.90. The summed E-state index contributed by atoms with van der Waals surface area (Å²) in [5, 5.41) is 0. The lowest BCUT2D eigenvalue weighted by Gasteiger charge is -2.10. The number of nitrogens with two attached hydrogens (primary N) is 1. The standard InChI is InChI=1S/C15H17NO3S/c1-3-11-4-6-12(7-5-11)19-15-9-8-13(10-14(15)16)20(2,17)18/h4-10H,3,16H2,1-2H3. The van der Waals surface area contributed by atoms with Gasteiger partial charge in [0.2, 0.25) is 0 Å². The Balaban J connectivity index is 2.25. The Morgan fingerprint density at radius 1 is 1.10 bits per heavy atom. The average Bonchev–Trinajstić information content (AvgIpc) is 2.41. The molecular weight excluding hydrogens is 274 g/mol. The lowest BCUT2D eigenvalue weighted by molar-refractivity contribution is 0.484. The highest BCUT2D eigenvalue weighted by atomic mass is 32.2. The van der Waals surface area contributed by atoms with Gasteiger partial charge in [-0.25, -0.2) is 8.42 Å². The van der Waals surface area contributed by atoms with E-state index in [9.17, 15) is 8.42 Å². The van der Waals surface area contributed by atoms with Crippen molar-refractivity contribution >= 4 is 15.5 Å². The van der Waals surface area contributed by atoms with E-state index in [0.717, 1.165) is 12.7 Å². The van der Waals surface area contributed by atoms with Gasteiger partial charge in [0.05, 0.1) is 10.6 Å². The number of hydrogen-bond acceptors (Lipinski definition) is 4. The fourth-order valence-electron chi connectivity index (χ4n) is 1.77. The van der Waals surface area contributed by atoms with Crippen molar-refractivity contribution in [2.24, 2.45) is 0 Å². The Morgan fingerprint density at radius 3 is 2.25 bits per heavy atom. The fraction of sp³-hybridized carbons (Fsp3) is 0.200. The second kappa shape index (κ2) is 5.54. The van der Waals surface area contributed by atoms with Crippen LogP contribution in [-0.2, 0) is 16.3 Å². The number of anilines is 1. The normalized spacial score (nSPS) is 11.3. The number of ether oxygens (including phenoxy) is 1. The van der Waals surface area contributed by atoms with E-state index in [0.29, 0.717) is 17.2 Å². The second-order valence-corrected chi connectivity index (χ2v) is 6.59. The van der Waals surface area contributed by atoms with Crippen LogP contribution in [-0.4, -0.2) is 14.7 Å². The van der Waals surface area contributed by atoms with Gasteiger partial charge in [-0.05, 0) is 42.3 Å². The van der Waals surface area contributed by atoms with Crippen molar-refractivity contribution in [1.82, 2.24) is 0 Å². The lowest BCUT2D eigenvalue weighted by atomic mass is 10.2. The summed E-state index contributed by atoms with van der Waals surface area (Å²) in [6.07, 6.45) is 2.11. The van der Waals surface area contributed by atoms with Gasteiger partial charge in [0.15, 0.2) is 9.84 Å². The van der Waals surface area contributed by atoms with Crippen molar-refractivity contribution in [3.8, 4) is 11.5 Å². The number of nitrogen functional groups attached to an aromatic ring is 1. The summed E-state index contributed by atoms with van der Waals surface area (Å²) in [5.74, 6) is 1.11. The molecule has 2 aromatic carbocycles. The van der Waals surface area contributed by atoms with Gasteiger partial charge in [0.1, 0.15) is 11.5 Å². The molecule has 2 aromatic rings. The maximum Gasteiger partial charge on any atom is 0.175 e. The SMILES string of the molecule is CCc1ccc(Oc2ccc(S(C)(=O)=O)cc2N)cc1. The van der Waals surface area contributed by atoms with Gasteiger partial charge in [-0.2, -0.15) is 0 Å². The zero-order chi connectivity index (χ0) is 14.8. The fourth-order valence-corrected chi connectivity index (χ4v) is 2.43. The smallest absolute Gasteiger partial charge is 0.175 e. The molecule has 0 spiro atoms. The van der Waals surface area contributed by atoms with Crippen LogP contribution in [0.1, 0.15) is 12.5 Å². The highest BCUT2D eigenvalue weighted by Gasteiger charge is 2.10. The topological polar surface area (TPSA) is 69.4 Å². The Hall–Kier alpha value is -2.01. The number of hydrogen-bond donors (Lipinski definition) is 1. The van der Waals surface area contributed by atoms with Crippen molar-refractivity contribution in [2.45, 2.75) is 18.2 Å². The Bertz CT molecular complexity index is 706. The second-order valence-electron chi connectivity index (χ2n) is 4.57. The van der Waals surface area contributed by atoms with Crippen molar-refractivity contribution < 1.29 is 13.2 Å². The van der Waals surface area contributed by atoms with Crippen LogP contribution < -0.4 is 10.5 Å². The van der Waals surface area contributed by atoms with E-state index < -0.39 is 9.84 Å². The van der Waals surface area contributed by atoms with E-state index in [1.165, 1.54) is 17.7 Å². The summed E-state index contributed by atoms with van der Waals surface area (Å²) in [6, 6.07) is 12.2. The van der Waals surface area contributed by atoms with Gasteiger partial charge in [0.25, 0.3) is 0 Å². The van der Waals surface area contributed by atoms with Crippen LogP contribution in [0.3, 0.4) is 0 Å². The monoisotopic (exact) mass is 291 g/mol. The van der Waals surface area contributed by atoms with Crippen LogP contribution >= 0.6 is 0 Å². The minimum atomic E-state index is -3.26. The summed E-state index contributed by atoms with van der Waals surface area (Å²) < 4.78 is 28.5. The third-order valence-corrected chi connectivity index (χ3v) is 4.08. The first-order valence-electron chi connectivity index (χ1n) is 6.26. The molecule has 2 N–H and O–H groups in total. The molecule has 106 valence electrons. The Kier molecular flexibility index (Phi) is 3.99. The number of rotatable bonds is 4. The molecule has 0 bridgehead atoms. The molecule has 0 amide bonds. The molecular formula is C15H17NO3S. The molecule has 0 heterocycles. The molecule has 0 saturated heterocycles. The molecule has 0 unspecified atom stereocenters. The largest absolute Gasteiger partial charge is 0.455 e. The van der Waals surface area contributed by atoms with E-state index in [-0.39, 0.29) is 4.90 Å². The van der Waals surface area contributed by atoms with Gasteiger partial charge in [-0.3, -0.25) is 0 Å². The predicted molar refractivity (Wildman–Crippen MR) is 79.9 cm³/mol. The van der Waals surface area contributed by atoms with Crippen molar-refractivity contribution in [2.75, 3.05) is 12.0 Å². The van der Waals surface area contributed by atoms with Gasteiger partial charge in [0, 0.05) is 6.26 Å². The number of benzene rings is 2. The minimum Gasteiger partial charge on any atom is -0.455 e. The van der Waals surface area contributed by atoms with Crippen LogP contribution in [0.4, 0.5) is 5.69 Å². The maximum absolute atomic E-state index is 11.4. The molecule has 20 heavy (non-hydrogen) atoms. The predicted octanol–water partition coefficient (Wildman–Crippen LogP) is 3.03. The molecule has 4 nitrogen and oxygen atoms in total. The van der Waals surface area contributed by atoms with Crippen LogP contribution in [0, 0.1) is 0 Å². The van der Waals surface area contributed by atoms with Gasteiger partial charge >= 0.3 is 0 Å². The third-order valence-electron chi connectivity index (χ3n) is 2.97. The molecule has 0 atom stereocenters. The van der Waals surface area contributed by atoms with E-state index in [1.54, 1.807) is 6.07 Å². The number of aryl methyl sites for hydroxylation is 1. The quantitative estimate of drug-likeness (QED) is 0.879. The summed E-state index contributed by atoms with van der Waals surface area (Å²) in [7, 11) is -3.26. The first-order valence-corrected chi connectivity index (χ1v) is 8.15. The average molecular weight is 291 g/mol. The first kappa shape index (κ1) is 14.4. The van der Waals surface area contributed by atoms with Crippen LogP contribution in [0.2, 0.25) is 0 Å². The van der Waals surface area contributed by atoms with E-state index in [1.807, 2.05) is 24.3 Å². The van der Waals surface area contributed by atoms with E-state index in [2.05, 4.69) is 6.92 Å². The molecule has 5 heteroatoms. The summed E-state index contributed by atoms with van der Waals surface area (Å²) in [6.45, 7) is 2.08. The van der Waals surface area contributed by atoms with Gasteiger partial charge < -0.3 is 10.5 Å². The van der Waals surface area contributed by atoms with Crippen molar-refractivity contribution in [3.05, 3.63) is 48.0 Å². The Labute approximate surface area is 119 Å². The van der Waals surface area contributed by atoms with Crippen molar-refractivity contribution in [1.29, 1.82) is 0 Å². The third kappa shape index (κ3) is 3.30. The highest BCUT2D eigenvalue weighted by Crippen LogP contribution is 2.29. The summed E-state index contributed by atoms with van der Waals surface area (Å²) >= 11 is 0. The summed E-state index contributed by atoms with van der Waals surface area (Å²) in [5.41, 5.74) is 7.35. The Morgan fingerprint density at radius 2 is 1.75 bits per heavy atom. The van der Waals surface area contributed by atoms with Crippen LogP contribution in [0.25, 0.3) is 0 Å². The molecule has 0 fully saturated rings. The molecule has 0 radical (unpaired) electrons. The molecule has 0 aliphatic carbocycles. The molecule has 0 aliphatic rings. The van der Waals surface area contributed by atoms with Crippen molar-refractivity contribution in [3.63, 3.8) is 0 Å². The zero-order valence-electron chi connectivity index (χ0n) is 11.5. The minimum absolute atomic E-state index is 0.184. The van der Waals surface area contributed by atoms with Gasteiger partial charge in [-0.1, -0.05) is 19.1 Å². The van der Waals surface area contributed by atoms with Crippen LogP contribution in [0.15, 0.2) is 47.4 Å². The zero-order valence-corrected chi connectivity index (χ0v) is 12.3. The van der Waals surface area contributed by atoms with E-state index in [4.69, 9.17) is 10.5 Å². The van der Waals surface area contributed by atoms with E-state index >= 15 is 0 Å². The molecule has 0 aliphatic heterocycles. The molecule has 0 saturated carbocycles. The maximum atomic E-state index is 11.4. The molecule has 2 rings (SSSR count). The van der Waals surface area contributed by atoms with Crippen LogP contribution in [0.5, 0.6) is 11.5 Å². The lowest BCUT2D eigenvalue weighted by Crippen LogP contribution is -1.99.